The summed E-state index contributed by atoms with van der Waals surface area (Å²) in [7, 11) is 0. The molecule has 2 aromatic carbocycles. The Morgan fingerprint density at radius 1 is 1.08 bits per heavy atom. The van der Waals surface area contributed by atoms with Gasteiger partial charge in [-0.15, -0.1) is 0 Å². The highest BCUT2D eigenvalue weighted by molar-refractivity contribution is 5.80. The summed E-state index contributed by atoms with van der Waals surface area (Å²) in [5.41, 5.74) is 0.440. The third-order valence-corrected chi connectivity index (χ3v) is 3.14. The molecule has 0 amide bonds. The lowest BCUT2D eigenvalue weighted by atomic mass is 10.1. The van der Waals surface area contributed by atoms with E-state index in [2.05, 4.69) is 5.10 Å². The number of ether oxygens (including phenoxy) is 2. The van der Waals surface area contributed by atoms with Crippen LogP contribution in [0.5, 0.6) is 11.5 Å². The van der Waals surface area contributed by atoms with Crippen molar-refractivity contribution >= 4 is 6.21 Å². The zero-order valence-electron chi connectivity index (χ0n) is 13.0. The third kappa shape index (κ3) is 4.65. The van der Waals surface area contributed by atoms with Crippen LogP contribution in [0.1, 0.15) is 23.6 Å². The molecule has 0 unspecified atom stereocenters. The van der Waals surface area contributed by atoms with E-state index in [4.69, 9.17) is 15.3 Å². The number of hydrogen-bond acceptors (Lipinski definition) is 4. The first kappa shape index (κ1) is 17.7. The van der Waals surface area contributed by atoms with Crippen molar-refractivity contribution in [2.45, 2.75) is 19.7 Å². The monoisotopic (exact) mass is 338 g/mol. The first-order chi connectivity index (χ1) is 11.4. The summed E-state index contributed by atoms with van der Waals surface area (Å²) in [6, 6.07) is 10.1. The summed E-state index contributed by atoms with van der Waals surface area (Å²) in [6.07, 6.45) is -2.92. The quantitative estimate of drug-likeness (QED) is 0.492. The van der Waals surface area contributed by atoms with E-state index in [9.17, 15) is 13.2 Å². The highest BCUT2D eigenvalue weighted by atomic mass is 19.4. The number of alkyl halides is 3. The average Bonchev–Trinajstić information content (AvgIpc) is 2.54. The standard InChI is InChI=1S/C17H17F3N2O2/c1-2-23-16-9-12(10-22-21)6-7-15(16)24-11-13-4-3-5-14(8-13)17(18,19)20/h3-10H,2,11,21H2,1H3. The molecule has 0 bridgehead atoms. The predicted octanol–water partition coefficient (Wildman–Crippen LogP) is 3.98. The van der Waals surface area contributed by atoms with Crippen molar-refractivity contribution in [1.82, 2.24) is 0 Å². The number of nitrogens with two attached hydrogens (primary N) is 1. The van der Waals surface area contributed by atoms with E-state index >= 15 is 0 Å². The van der Waals surface area contributed by atoms with E-state index in [1.807, 2.05) is 6.92 Å². The summed E-state index contributed by atoms with van der Waals surface area (Å²) >= 11 is 0. The Kier molecular flexibility index (Phi) is 5.68. The number of benzene rings is 2. The minimum Gasteiger partial charge on any atom is -0.490 e. The maximum absolute atomic E-state index is 12.7. The summed E-state index contributed by atoms with van der Waals surface area (Å²) in [5, 5.41) is 3.44. The van der Waals surface area contributed by atoms with E-state index in [1.54, 1.807) is 24.3 Å². The molecule has 24 heavy (non-hydrogen) atoms. The van der Waals surface area contributed by atoms with Crippen molar-refractivity contribution in [3.63, 3.8) is 0 Å². The Morgan fingerprint density at radius 2 is 1.88 bits per heavy atom. The molecular formula is C17H17F3N2O2. The zero-order chi connectivity index (χ0) is 17.6. The summed E-state index contributed by atoms with van der Waals surface area (Å²) < 4.78 is 49.3. The fraction of sp³-hybridized carbons (Fsp3) is 0.235. The summed E-state index contributed by atoms with van der Waals surface area (Å²) in [4.78, 5) is 0. The fourth-order valence-corrected chi connectivity index (χ4v) is 2.08. The second-order valence-corrected chi connectivity index (χ2v) is 4.90. The molecule has 0 spiro atoms. The van der Waals surface area contributed by atoms with Crippen molar-refractivity contribution in [3.05, 3.63) is 59.2 Å². The molecule has 0 aromatic heterocycles. The van der Waals surface area contributed by atoms with Crippen LogP contribution in [0.15, 0.2) is 47.6 Å². The second kappa shape index (κ2) is 7.72. The molecule has 2 N–H and O–H groups in total. The van der Waals surface area contributed by atoms with Crippen molar-refractivity contribution in [3.8, 4) is 11.5 Å². The number of halogens is 3. The number of hydrogen-bond donors (Lipinski definition) is 1. The van der Waals surface area contributed by atoms with Crippen molar-refractivity contribution in [2.75, 3.05) is 6.61 Å². The van der Waals surface area contributed by atoms with Crippen LogP contribution in [0.25, 0.3) is 0 Å². The van der Waals surface area contributed by atoms with Crippen LogP contribution in [0.3, 0.4) is 0 Å². The van der Waals surface area contributed by atoms with Crippen LogP contribution in [0.2, 0.25) is 0 Å². The van der Waals surface area contributed by atoms with Gasteiger partial charge in [-0.1, -0.05) is 12.1 Å². The third-order valence-electron chi connectivity index (χ3n) is 3.14. The van der Waals surface area contributed by atoms with Gasteiger partial charge in [-0.05, 0) is 48.4 Å². The largest absolute Gasteiger partial charge is 0.490 e. The molecule has 2 rings (SSSR count). The Morgan fingerprint density at radius 3 is 2.54 bits per heavy atom. The Balaban J connectivity index is 2.16. The molecule has 128 valence electrons. The van der Waals surface area contributed by atoms with Crippen molar-refractivity contribution < 1.29 is 22.6 Å². The van der Waals surface area contributed by atoms with Crippen LogP contribution in [-0.2, 0) is 12.8 Å². The van der Waals surface area contributed by atoms with Crippen LogP contribution in [0, 0.1) is 0 Å². The molecule has 0 fully saturated rings. The molecule has 0 atom stereocenters. The molecule has 0 saturated heterocycles. The molecule has 7 heteroatoms. The lowest BCUT2D eigenvalue weighted by molar-refractivity contribution is -0.137. The first-order valence-electron chi connectivity index (χ1n) is 7.23. The molecule has 4 nitrogen and oxygen atoms in total. The molecule has 0 aliphatic heterocycles. The lowest BCUT2D eigenvalue weighted by Crippen LogP contribution is -2.06. The van der Waals surface area contributed by atoms with Gasteiger partial charge in [0.1, 0.15) is 6.61 Å². The molecule has 0 aliphatic rings. The predicted molar refractivity (Wildman–Crippen MR) is 85.2 cm³/mol. The van der Waals surface area contributed by atoms with Gasteiger partial charge in [-0.2, -0.15) is 18.3 Å². The first-order valence-corrected chi connectivity index (χ1v) is 7.23. The second-order valence-electron chi connectivity index (χ2n) is 4.90. The number of hydrazone groups is 1. The Bertz CT molecular complexity index is 715. The minimum absolute atomic E-state index is 0.00564. The molecule has 0 heterocycles. The highest BCUT2D eigenvalue weighted by Gasteiger charge is 2.30. The van der Waals surface area contributed by atoms with E-state index in [0.717, 1.165) is 17.7 Å². The topological polar surface area (TPSA) is 56.8 Å². The maximum atomic E-state index is 12.7. The van der Waals surface area contributed by atoms with Crippen molar-refractivity contribution in [1.29, 1.82) is 0 Å². The zero-order valence-corrected chi connectivity index (χ0v) is 13.0. The smallest absolute Gasteiger partial charge is 0.416 e. The van der Waals surface area contributed by atoms with Gasteiger partial charge >= 0.3 is 6.18 Å². The normalized spacial score (nSPS) is 11.7. The summed E-state index contributed by atoms with van der Waals surface area (Å²) in [6.45, 7) is 2.23. The van der Waals surface area contributed by atoms with E-state index in [-0.39, 0.29) is 6.61 Å². The van der Waals surface area contributed by atoms with Crippen LogP contribution in [-0.4, -0.2) is 12.8 Å². The van der Waals surface area contributed by atoms with Gasteiger partial charge in [0.2, 0.25) is 0 Å². The minimum atomic E-state index is -4.38. The fourth-order valence-electron chi connectivity index (χ4n) is 2.08. The Hall–Kier alpha value is -2.70. The van der Waals surface area contributed by atoms with Crippen LogP contribution < -0.4 is 15.3 Å². The molecule has 0 aliphatic carbocycles. The van der Waals surface area contributed by atoms with E-state index in [0.29, 0.717) is 23.7 Å². The van der Waals surface area contributed by atoms with Gasteiger partial charge in [0.25, 0.3) is 0 Å². The van der Waals surface area contributed by atoms with Gasteiger partial charge in [0.05, 0.1) is 18.4 Å². The van der Waals surface area contributed by atoms with Gasteiger partial charge in [0.15, 0.2) is 11.5 Å². The molecule has 0 saturated carbocycles. The van der Waals surface area contributed by atoms with Gasteiger partial charge in [-0.25, -0.2) is 0 Å². The van der Waals surface area contributed by atoms with Gasteiger partial charge < -0.3 is 15.3 Å². The van der Waals surface area contributed by atoms with E-state index < -0.39 is 11.7 Å². The highest BCUT2D eigenvalue weighted by Crippen LogP contribution is 2.31. The van der Waals surface area contributed by atoms with Crippen LogP contribution >= 0.6 is 0 Å². The number of nitrogens with zero attached hydrogens (tertiary/aromatic N) is 1. The molecular weight excluding hydrogens is 321 g/mol. The number of rotatable bonds is 6. The SMILES string of the molecule is CCOc1cc(C=NN)ccc1OCc1cccc(C(F)(F)F)c1. The average molecular weight is 338 g/mol. The van der Waals surface area contributed by atoms with Gasteiger partial charge in [0, 0.05) is 0 Å². The van der Waals surface area contributed by atoms with E-state index in [1.165, 1.54) is 12.3 Å². The molecule has 2 aromatic rings. The molecule has 0 radical (unpaired) electrons. The maximum Gasteiger partial charge on any atom is 0.416 e. The summed E-state index contributed by atoms with van der Waals surface area (Å²) in [5.74, 6) is 6.02. The lowest BCUT2D eigenvalue weighted by Gasteiger charge is -2.13. The van der Waals surface area contributed by atoms with Gasteiger partial charge in [-0.3, -0.25) is 0 Å². The van der Waals surface area contributed by atoms with Crippen molar-refractivity contribution in [2.24, 2.45) is 10.9 Å². The Labute approximate surface area is 137 Å². The van der Waals surface area contributed by atoms with Crippen LogP contribution in [0.4, 0.5) is 13.2 Å².